The number of hydrogen-bond donors (Lipinski definition) is 1. The number of aliphatic hydroxyl groups is 1. The quantitative estimate of drug-likeness (QED) is 0.620. The monoisotopic (exact) mass is 340 g/mol. The van der Waals surface area contributed by atoms with Crippen molar-refractivity contribution in [1.82, 2.24) is 19.7 Å². The van der Waals surface area contributed by atoms with E-state index in [1.807, 2.05) is 38.4 Å². The van der Waals surface area contributed by atoms with Gasteiger partial charge in [0.05, 0.1) is 6.04 Å². The van der Waals surface area contributed by atoms with Crippen molar-refractivity contribution in [2.24, 2.45) is 0 Å². The SMILES string of the molecule is C[C@H](c1nnc(SCCCO)n1-c1ccc(Cl)cc1)N(C)C. The molecule has 5 nitrogen and oxygen atoms in total. The van der Waals surface area contributed by atoms with Crippen molar-refractivity contribution >= 4 is 23.4 Å². The van der Waals surface area contributed by atoms with Crippen molar-refractivity contribution in [2.45, 2.75) is 24.5 Å². The Kier molecular flexibility index (Phi) is 6.26. The number of nitrogens with zero attached hydrogens (tertiary/aromatic N) is 4. The van der Waals surface area contributed by atoms with E-state index >= 15 is 0 Å². The van der Waals surface area contributed by atoms with Crippen molar-refractivity contribution in [1.29, 1.82) is 0 Å². The molecule has 1 aromatic heterocycles. The van der Waals surface area contributed by atoms with Crippen LogP contribution < -0.4 is 0 Å². The van der Waals surface area contributed by atoms with Crippen LogP contribution >= 0.6 is 23.4 Å². The molecule has 0 radical (unpaired) electrons. The summed E-state index contributed by atoms with van der Waals surface area (Å²) < 4.78 is 2.06. The van der Waals surface area contributed by atoms with Crippen molar-refractivity contribution in [2.75, 3.05) is 26.5 Å². The average Bonchev–Trinajstić information content (AvgIpc) is 2.91. The molecule has 0 saturated heterocycles. The van der Waals surface area contributed by atoms with E-state index in [9.17, 15) is 0 Å². The van der Waals surface area contributed by atoms with E-state index in [0.29, 0.717) is 5.02 Å². The van der Waals surface area contributed by atoms with Gasteiger partial charge in [0.2, 0.25) is 0 Å². The summed E-state index contributed by atoms with van der Waals surface area (Å²) in [4.78, 5) is 2.10. The van der Waals surface area contributed by atoms with Crippen LogP contribution in [0.25, 0.3) is 5.69 Å². The largest absolute Gasteiger partial charge is 0.396 e. The topological polar surface area (TPSA) is 54.2 Å². The third-order valence-corrected chi connectivity index (χ3v) is 4.69. The van der Waals surface area contributed by atoms with Crippen molar-refractivity contribution in [3.05, 3.63) is 35.1 Å². The molecule has 0 aliphatic heterocycles. The predicted molar refractivity (Wildman–Crippen MR) is 90.9 cm³/mol. The highest BCUT2D eigenvalue weighted by atomic mass is 35.5. The molecular weight excluding hydrogens is 320 g/mol. The first-order valence-electron chi connectivity index (χ1n) is 7.16. The number of rotatable bonds is 7. The predicted octanol–water partition coefficient (Wildman–Crippen LogP) is 3.02. The molecule has 120 valence electrons. The Bertz CT molecular complexity index is 600. The molecular formula is C15H21ClN4OS. The van der Waals surface area contributed by atoms with Gasteiger partial charge in [0.25, 0.3) is 0 Å². The van der Waals surface area contributed by atoms with Gasteiger partial charge in [-0.15, -0.1) is 10.2 Å². The average molecular weight is 341 g/mol. The number of aliphatic hydroxyl groups excluding tert-OH is 1. The van der Waals surface area contributed by atoms with Crippen LogP contribution in [0.2, 0.25) is 5.02 Å². The van der Waals surface area contributed by atoms with Gasteiger partial charge in [0.15, 0.2) is 11.0 Å². The third kappa shape index (κ3) is 4.01. The first-order chi connectivity index (χ1) is 10.5. The van der Waals surface area contributed by atoms with Crippen LogP contribution in [-0.2, 0) is 0 Å². The number of halogens is 1. The standard InChI is InChI=1S/C15H21ClN4OS/c1-11(19(2)3)14-17-18-15(22-10-4-9-21)20(14)13-7-5-12(16)6-8-13/h5-8,11,21H,4,9-10H2,1-3H3/t11-/m1/s1. The summed E-state index contributed by atoms with van der Waals surface area (Å²) in [5.74, 6) is 1.69. The van der Waals surface area contributed by atoms with Crippen LogP contribution in [0.1, 0.15) is 25.2 Å². The second-order valence-corrected chi connectivity index (χ2v) is 6.72. The Balaban J connectivity index is 2.40. The fraction of sp³-hybridized carbons (Fsp3) is 0.467. The fourth-order valence-corrected chi connectivity index (χ4v) is 2.95. The molecule has 1 aromatic carbocycles. The normalized spacial score (nSPS) is 12.8. The summed E-state index contributed by atoms with van der Waals surface area (Å²) in [5, 5.41) is 19.2. The smallest absolute Gasteiger partial charge is 0.195 e. The molecule has 7 heteroatoms. The van der Waals surface area contributed by atoms with Crippen molar-refractivity contribution in [3.8, 4) is 5.69 Å². The molecule has 0 unspecified atom stereocenters. The minimum atomic E-state index is 0.135. The van der Waals surface area contributed by atoms with Gasteiger partial charge in [-0.2, -0.15) is 0 Å². The van der Waals surface area contributed by atoms with Crippen LogP contribution in [-0.4, -0.2) is 51.2 Å². The molecule has 0 fully saturated rings. The van der Waals surface area contributed by atoms with Gasteiger partial charge in [0, 0.05) is 23.1 Å². The zero-order valence-electron chi connectivity index (χ0n) is 13.0. The molecule has 2 aromatic rings. The van der Waals surface area contributed by atoms with Gasteiger partial charge in [-0.1, -0.05) is 23.4 Å². The summed E-state index contributed by atoms with van der Waals surface area (Å²) in [6, 6.07) is 7.80. The van der Waals surface area contributed by atoms with E-state index in [1.165, 1.54) is 0 Å². The Hall–Kier alpha value is -1.08. The molecule has 0 aliphatic carbocycles. The van der Waals surface area contributed by atoms with Gasteiger partial charge < -0.3 is 5.11 Å². The highest BCUT2D eigenvalue weighted by molar-refractivity contribution is 7.99. The van der Waals surface area contributed by atoms with Crippen molar-refractivity contribution in [3.63, 3.8) is 0 Å². The van der Waals surface area contributed by atoms with E-state index in [2.05, 4.69) is 26.6 Å². The summed E-state index contributed by atoms with van der Waals surface area (Å²) in [6.45, 7) is 2.28. The Morgan fingerprint density at radius 1 is 1.27 bits per heavy atom. The number of hydrogen-bond acceptors (Lipinski definition) is 5. The lowest BCUT2D eigenvalue weighted by atomic mass is 10.2. The number of aromatic nitrogens is 3. The van der Waals surface area contributed by atoms with E-state index < -0.39 is 0 Å². The molecule has 0 aliphatic rings. The van der Waals surface area contributed by atoms with Crippen LogP contribution in [0.4, 0.5) is 0 Å². The summed E-state index contributed by atoms with van der Waals surface area (Å²) in [7, 11) is 4.04. The highest BCUT2D eigenvalue weighted by Gasteiger charge is 2.20. The van der Waals surface area contributed by atoms with Crippen LogP contribution in [0.15, 0.2) is 29.4 Å². The van der Waals surface area contributed by atoms with Crippen molar-refractivity contribution < 1.29 is 5.11 Å². The minimum absolute atomic E-state index is 0.135. The van der Waals surface area contributed by atoms with Gasteiger partial charge in [-0.25, -0.2) is 0 Å². The van der Waals surface area contributed by atoms with E-state index in [4.69, 9.17) is 16.7 Å². The maximum Gasteiger partial charge on any atom is 0.195 e. The van der Waals surface area contributed by atoms with Crippen LogP contribution in [0.3, 0.4) is 0 Å². The molecule has 22 heavy (non-hydrogen) atoms. The van der Waals surface area contributed by atoms with Crippen LogP contribution in [0.5, 0.6) is 0 Å². The summed E-state index contributed by atoms with van der Waals surface area (Å²) in [5.41, 5.74) is 0.990. The molecule has 1 atom stereocenters. The maximum absolute atomic E-state index is 8.95. The summed E-state index contributed by atoms with van der Waals surface area (Å²) in [6.07, 6.45) is 0.733. The third-order valence-electron chi connectivity index (χ3n) is 3.43. The van der Waals surface area contributed by atoms with E-state index in [-0.39, 0.29) is 12.6 Å². The Morgan fingerprint density at radius 2 is 1.95 bits per heavy atom. The van der Waals surface area contributed by atoms with Gasteiger partial charge in [-0.05, 0) is 51.7 Å². The van der Waals surface area contributed by atoms with Gasteiger partial charge in [0.1, 0.15) is 0 Å². The molecule has 1 heterocycles. The lowest BCUT2D eigenvalue weighted by Gasteiger charge is -2.20. The first kappa shape index (κ1) is 17.3. The van der Waals surface area contributed by atoms with E-state index in [0.717, 1.165) is 28.8 Å². The second-order valence-electron chi connectivity index (χ2n) is 5.22. The number of benzene rings is 1. The van der Waals surface area contributed by atoms with Crippen LogP contribution in [0, 0.1) is 0 Å². The van der Waals surface area contributed by atoms with Gasteiger partial charge >= 0.3 is 0 Å². The molecule has 0 saturated carbocycles. The highest BCUT2D eigenvalue weighted by Crippen LogP contribution is 2.27. The van der Waals surface area contributed by atoms with E-state index in [1.54, 1.807) is 11.8 Å². The molecule has 2 rings (SSSR count). The second kappa shape index (κ2) is 7.97. The molecule has 0 spiro atoms. The molecule has 0 amide bonds. The van der Waals surface area contributed by atoms with Gasteiger partial charge in [-0.3, -0.25) is 9.47 Å². The first-order valence-corrected chi connectivity index (χ1v) is 8.52. The zero-order chi connectivity index (χ0) is 16.1. The molecule has 0 bridgehead atoms. The lowest BCUT2D eigenvalue weighted by molar-refractivity contribution is 0.296. The summed E-state index contributed by atoms with van der Waals surface area (Å²) >= 11 is 7.58. The fourth-order valence-electron chi connectivity index (χ4n) is 1.94. The molecule has 1 N–H and O–H groups in total. The Morgan fingerprint density at radius 3 is 2.55 bits per heavy atom. The lowest BCUT2D eigenvalue weighted by Crippen LogP contribution is -2.20. The zero-order valence-corrected chi connectivity index (χ0v) is 14.6. The minimum Gasteiger partial charge on any atom is -0.396 e. The number of thioether (sulfide) groups is 1. The Labute approximate surface area is 140 Å². The maximum atomic E-state index is 8.95.